The Balaban J connectivity index is 2.59. The summed E-state index contributed by atoms with van der Waals surface area (Å²) in [6, 6.07) is 4.92. The number of phenols is 1. The molecule has 0 saturated heterocycles. The van der Waals surface area contributed by atoms with Crippen LogP contribution in [-0.4, -0.2) is 30.6 Å². The van der Waals surface area contributed by atoms with Crippen molar-refractivity contribution >= 4 is 11.9 Å². The highest BCUT2D eigenvalue weighted by molar-refractivity contribution is 5.97. The molecule has 1 aromatic rings. The molecule has 0 heterocycles. The highest BCUT2D eigenvalue weighted by Gasteiger charge is 2.12. The lowest BCUT2D eigenvalue weighted by Gasteiger charge is -2.07. The lowest BCUT2D eigenvalue weighted by Crippen LogP contribution is -2.26. The molecule has 0 aliphatic rings. The molecule has 0 fully saturated rings. The van der Waals surface area contributed by atoms with E-state index in [-0.39, 0.29) is 24.3 Å². The monoisotopic (exact) mass is 237 g/mol. The molecule has 5 heteroatoms. The first-order chi connectivity index (χ1) is 8.06. The lowest BCUT2D eigenvalue weighted by molar-refractivity contribution is -0.140. The number of nitrogens with one attached hydrogen (secondary N) is 1. The lowest BCUT2D eigenvalue weighted by atomic mass is 10.1. The number of phenolic OH excluding ortho intramolecular Hbond substituents is 1. The fraction of sp³-hybridized carbons (Fsp3) is 0.333. The topological polar surface area (TPSA) is 75.6 Å². The van der Waals surface area contributed by atoms with E-state index in [1.807, 2.05) is 0 Å². The van der Waals surface area contributed by atoms with Gasteiger partial charge >= 0.3 is 5.97 Å². The molecule has 5 nitrogen and oxygen atoms in total. The van der Waals surface area contributed by atoms with Crippen molar-refractivity contribution in [3.8, 4) is 5.75 Å². The van der Waals surface area contributed by atoms with Gasteiger partial charge in [0.15, 0.2) is 0 Å². The maximum absolute atomic E-state index is 11.7. The molecule has 1 amide bonds. The van der Waals surface area contributed by atoms with E-state index in [1.165, 1.54) is 13.2 Å². The summed E-state index contributed by atoms with van der Waals surface area (Å²) >= 11 is 0. The van der Waals surface area contributed by atoms with Crippen molar-refractivity contribution in [2.45, 2.75) is 13.3 Å². The summed E-state index contributed by atoms with van der Waals surface area (Å²) in [4.78, 5) is 22.5. The standard InChI is InChI=1S/C12H15NO4/c1-8-4-3-5-9(11(8)15)12(16)13-7-6-10(14)17-2/h3-5,15H,6-7H2,1-2H3,(H,13,16). The number of ether oxygens (including phenoxy) is 1. The number of carbonyl (C=O) groups excluding carboxylic acids is 2. The SMILES string of the molecule is COC(=O)CCNC(=O)c1cccc(C)c1O. The second-order valence-electron chi connectivity index (χ2n) is 3.55. The van der Waals surface area contributed by atoms with Gasteiger partial charge in [0.05, 0.1) is 19.1 Å². The van der Waals surface area contributed by atoms with Gasteiger partial charge in [0, 0.05) is 6.54 Å². The fourth-order valence-corrected chi connectivity index (χ4v) is 1.32. The molecule has 0 spiro atoms. The second-order valence-corrected chi connectivity index (χ2v) is 3.55. The number of methoxy groups -OCH3 is 1. The minimum atomic E-state index is -0.407. The molecular formula is C12H15NO4. The molecule has 2 N–H and O–H groups in total. The van der Waals surface area contributed by atoms with Gasteiger partial charge in [-0.1, -0.05) is 12.1 Å². The number of benzene rings is 1. The van der Waals surface area contributed by atoms with E-state index >= 15 is 0 Å². The van der Waals surface area contributed by atoms with Crippen LogP contribution in [0.4, 0.5) is 0 Å². The first-order valence-electron chi connectivity index (χ1n) is 5.20. The van der Waals surface area contributed by atoms with Crippen LogP contribution in [0.25, 0.3) is 0 Å². The number of aryl methyl sites for hydroxylation is 1. The molecule has 0 bridgehead atoms. The summed E-state index contributed by atoms with van der Waals surface area (Å²) in [5.74, 6) is -0.836. The molecule has 0 aliphatic heterocycles. The van der Waals surface area contributed by atoms with Gasteiger partial charge in [0.2, 0.25) is 0 Å². The number of hydrogen-bond acceptors (Lipinski definition) is 4. The van der Waals surface area contributed by atoms with E-state index in [4.69, 9.17) is 0 Å². The molecule has 0 atom stereocenters. The zero-order chi connectivity index (χ0) is 12.8. The maximum Gasteiger partial charge on any atom is 0.307 e. The van der Waals surface area contributed by atoms with Crippen LogP contribution in [-0.2, 0) is 9.53 Å². The molecule has 0 aromatic heterocycles. The molecule has 1 aromatic carbocycles. The van der Waals surface area contributed by atoms with E-state index in [1.54, 1.807) is 19.1 Å². The van der Waals surface area contributed by atoms with Gasteiger partial charge < -0.3 is 15.2 Å². The van der Waals surface area contributed by atoms with Crippen molar-refractivity contribution < 1.29 is 19.4 Å². The number of para-hydroxylation sites is 1. The predicted molar refractivity (Wildman–Crippen MR) is 61.8 cm³/mol. The summed E-state index contributed by atoms with van der Waals surface area (Å²) in [7, 11) is 1.29. The Kier molecular flexibility index (Phi) is 4.51. The van der Waals surface area contributed by atoms with Crippen molar-refractivity contribution in [2.75, 3.05) is 13.7 Å². The van der Waals surface area contributed by atoms with Gasteiger partial charge in [-0.25, -0.2) is 0 Å². The first-order valence-corrected chi connectivity index (χ1v) is 5.20. The first kappa shape index (κ1) is 13.0. The average Bonchev–Trinajstić information content (AvgIpc) is 2.32. The number of hydrogen-bond donors (Lipinski definition) is 2. The number of carbonyl (C=O) groups is 2. The van der Waals surface area contributed by atoms with E-state index in [0.29, 0.717) is 5.56 Å². The predicted octanol–water partition coefficient (Wildman–Crippen LogP) is 0.994. The van der Waals surface area contributed by atoms with Crippen molar-refractivity contribution in [1.82, 2.24) is 5.32 Å². The van der Waals surface area contributed by atoms with Gasteiger partial charge in [-0.05, 0) is 18.6 Å². The zero-order valence-corrected chi connectivity index (χ0v) is 9.82. The highest BCUT2D eigenvalue weighted by atomic mass is 16.5. The normalized spacial score (nSPS) is 9.76. The third-order valence-corrected chi connectivity index (χ3v) is 2.32. The van der Waals surface area contributed by atoms with E-state index in [9.17, 15) is 14.7 Å². The summed E-state index contributed by atoms with van der Waals surface area (Å²) in [6.45, 7) is 1.89. The van der Waals surface area contributed by atoms with Crippen molar-refractivity contribution in [2.24, 2.45) is 0 Å². The van der Waals surface area contributed by atoms with Crippen molar-refractivity contribution in [3.05, 3.63) is 29.3 Å². The molecule has 0 saturated carbocycles. The van der Waals surface area contributed by atoms with E-state index in [2.05, 4.69) is 10.1 Å². The summed E-state index contributed by atoms with van der Waals surface area (Å²) in [5, 5.41) is 12.2. The van der Waals surface area contributed by atoms with Gasteiger partial charge in [-0.3, -0.25) is 9.59 Å². The number of aromatic hydroxyl groups is 1. The number of amides is 1. The quantitative estimate of drug-likeness (QED) is 0.766. The largest absolute Gasteiger partial charge is 0.507 e. The van der Waals surface area contributed by atoms with Gasteiger partial charge in [0.25, 0.3) is 5.91 Å². The minimum Gasteiger partial charge on any atom is -0.507 e. The summed E-state index contributed by atoms with van der Waals surface area (Å²) < 4.78 is 4.44. The molecule has 0 unspecified atom stereocenters. The van der Waals surface area contributed by atoms with Gasteiger partial charge in [-0.2, -0.15) is 0 Å². The van der Waals surface area contributed by atoms with Crippen LogP contribution in [0.2, 0.25) is 0 Å². The third kappa shape index (κ3) is 3.48. The van der Waals surface area contributed by atoms with Crippen molar-refractivity contribution in [3.63, 3.8) is 0 Å². The molecular weight excluding hydrogens is 222 g/mol. The van der Waals surface area contributed by atoms with Crippen LogP contribution >= 0.6 is 0 Å². The number of esters is 1. The van der Waals surface area contributed by atoms with Crippen LogP contribution in [0.15, 0.2) is 18.2 Å². The maximum atomic E-state index is 11.7. The van der Waals surface area contributed by atoms with Crippen LogP contribution in [0.1, 0.15) is 22.3 Å². The number of rotatable bonds is 4. The molecule has 92 valence electrons. The Morgan fingerprint density at radius 1 is 1.41 bits per heavy atom. The third-order valence-electron chi connectivity index (χ3n) is 2.32. The van der Waals surface area contributed by atoms with Crippen LogP contribution < -0.4 is 5.32 Å². The fourth-order valence-electron chi connectivity index (χ4n) is 1.32. The minimum absolute atomic E-state index is 0.0388. The van der Waals surface area contributed by atoms with Crippen LogP contribution in [0.3, 0.4) is 0 Å². The molecule has 0 aliphatic carbocycles. The Morgan fingerprint density at radius 3 is 2.76 bits per heavy atom. The molecule has 1 rings (SSSR count). The smallest absolute Gasteiger partial charge is 0.307 e. The zero-order valence-electron chi connectivity index (χ0n) is 9.82. The van der Waals surface area contributed by atoms with E-state index < -0.39 is 11.9 Å². The average molecular weight is 237 g/mol. The van der Waals surface area contributed by atoms with Crippen LogP contribution in [0.5, 0.6) is 5.75 Å². The Labute approximate surface area is 99.4 Å². The molecule has 0 radical (unpaired) electrons. The van der Waals surface area contributed by atoms with Crippen molar-refractivity contribution in [1.29, 1.82) is 0 Å². The Morgan fingerprint density at radius 2 is 2.12 bits per heavy atom. The van der Waals surface area contributed by atoms with Crippen LogP contribution in [0, 0.1) is 6.92 Å². The second kappa shape index (κ2) is 5.89. The Hall–Kier alpha value is -2.04. The van der Waals surface area contributed by atoms with Gasteiger partial charge in [0.1, 0.15) is 5.75 Å². The van der Waals surface area contributed by atoms with Gasteiger partial charge in [-0.15, -0.1) is 0 Å². The summed E-state index contributed by atoms with van der Waals surface area (Å²) in [5.41, 5.74) is 0.834. The Bertz CT molecular complexity index is 429. The summed E-state index contributed by atoms with van der Waals surface area (Å²) in [6.07, 6.45) is 0.106. The van der Waals surface area contributed by atoms with E-state index in [0.717, 1.165) is 0 Å². The highest BCUT2D eigenvalue weighted by Crippen LogP contribution is 2.20. The molecule has 17 heavy (non-hydrogen) atoms.